The number of hydrogen-bond acceptors (Lipinski definition) is 2. The van der Waals surface area contributed by atoms with Crippen molar-refractivity contribution in [1.82, 2.24) is 4.90 Å². The molecule has 3 aliphatic rings. The minimum Gasteiger partial charge on any atom is -0.491 e. The Hall–Kier alpha value is -1.77. The summed E-state index contributed by atoms with van der Waals surface area (Å²) in [6, 6.07) is 8.20. The Bertz CT molecular complexity index is 595. The quantitative estimate of drug-likeness (QED) is 0.742. The molecule has 110 valence electrons. The van der Waals surface area contributed by atoms with Crippen molar-refractivity contribution in [2.75, 3.05) is 6.61 Å². The zero-order chi connectivity index (χ0) is 14.4. The summed E-state index contributed by atoms with van der Waals surface area (Å²) in [7, 11) is 0. The molecule has 0 radical (unpaired) electrons. The molecule has 0 N–H and O–H groups in total. The molecule has 0 aromatic heterocycles. The molecule has 21 heavy (non-hydrogen) atoms. The van der Waals surface area contributed by atoms with Gasteiger partial charge in [0.1, 0.15) is 12.4 Å². The molecule has 0 spiro atoms. The largest absolute Gasteiger partial charge is 0.491 e. The second kappa shape index (κ2) is 4.90. The Morgan fingerprint density at radius 1 is 1.24 bits per heavy atom. The lowest BCUT2D eigenvalue weighted by atomic mass is 9.91. The van der Waals surface area contributed by atoms with E-state index in [4.69, 9.17) is 4.74 Å². The highest BCUT2D eigenvalue weighted by atomic mass is 16.5. The number of hydrogen-bond donors (Lipinski definition) is 0. The summed E-state index contributed by atoms with van der Waals surface area (Å²) in [6.07, 6.45) is 6.75. The van der Waals surface area contributed by atoms with Crippen LogP contribution in [0.1, 0.15) is 25.3 Å². The lowest BCUT2D eigenvalue weighted by Gasteiger charge is -2.31. The molecule has 1 aromatic rings. The van der Waals surface area contributed by atoms with Crippen molar-refractivity contribution < 1.29 is 9.53 Å². The van der Waals surface area contributed by atoms with Gasteiger partial charge in [-0.1, -0.05) is 30.4 Å². The van der Waals surface area contributed by atoms with E-state index in [1.54, 1.807) is 0 Å². The zero-order valence-electron chi connectivity index (χ0n) is 12.4. The van der Waals surface area contributed by atoms with E-state index in [-0.39, 0.29) is 12.0 Å². The normalized spacial score (nSPS) is 33.5. The Morgan fingerprint density at radius 2 is 2.10 bits per heavy atom. The van der Waals surface area contributed by atoms with Crippen molar-refractivity contribution in [1.29, 1.82) is 0 Å². The van der Waals surface area contributed by atoms with E-state index >= 15 is 0 Å². The summed E-state index contributed by atoms with van der Waals surface area (Å²) in [4.78, 5) is 15.0. The zero-order valence-corrected chi connectivity index (χ0v) is 12.4. The van der Waals surface area contributed by atoms with E-state index in [2.05, 4.69) is 25.1 Å². The standard InChI is InChI=1S/C18H21NO2/c1-12-11-21-17-5-3-2-4-15(17)10-19(12)18(20)16-9-13-6-7-14(16)8-13/h2-7,12-14,16H,8-11H2,1H3/t12-,13-,14-,16-/m0/s1. The van der Waals surface area contributed by atoms with Gasteiger partial charge >= 0.3 is 0 Å². The molecular formula is C18H21NO2. The molecule has 1 aliphatic heterocycles. The van der Waals surface area contributed by atoms with Gasteiger partial charge in [-0.05, 0) is 37.7 Å². The monoisotopic (exact) mass is 283 g/mol. The van der Waals surface area contributed by atoms with E-state index in [9.17, 15) is 4.79 Å². The smallest absolute Gasteiger partial charge is 0.226 e. The van der Waals surface area contributed by atoms with Crippen molar-refractivity contribution >= 4 is 5.91 Å². The lowest BCUT2D eigenvalue weighted by molar-refractivity contribution is -0.139. The predicted octanol–water partition coefficient (Wildman–Crippen LogP) is 3.01. The van der Waals surface area contributed by atoms with Crippen molar-refractivity contribution in [3.05, 3.63) is 42.0 Å². The Labute approximate surface area is 125 Å². The van der Waals surface area contributed by atoms with Crippen molar-refractivity contribution in [3.8, 4) is 5.75 Å². The van der Waals surface area contributed by atoms with Gasteiger partial charge in [0.15, 0.2) is 0 Å². The van der Waals surface area contributed by atoms with Gasteiger partial charge in [-0.2, -0.15) is 0 Å². The molecule has 4 atom stereocenters. The first kappa shape index (κ1) is 12.9. The third kappa shape index (κ3) is 2.15. The van der Waals surface area contributed by atoms with Crippen LogP contribution < -0.4 is 4.74 Å². The van der Waals surface area contributed by atoms with Crippen LogP contribution >= 0.6 is 0 Å². The van der Waals surface area contributed by atoms with Crippen LogP contribution in [0.3, 0.4) is 0 Å². The molecule has 0 saturated heterocycles. The topological polar surface area (TPSA) is 29.5 Å². The lowest BCUT2D eigenvalue weighted by Crippen LogP contribution is -2.44. The Kier molecular flexibility index (Phi) is 3.02. The number of nitrogens with zero attached hydrogens (tertiary/aromatic N) is 1. The van der Waals surface area contributed by atoms with E-state index in [0.717, 1.165) is 17.7 Å². The number of carbonyl (C=O) groups is 1. The number of fused-ring (bicyclic) bond motifs is 3. The molecule has 3 nitrogen and oxygen atoms in total. The van der Waals surface area contributed by atoms with E-state index in [0.29, 0.717) is 30.9 Å². The first-order valence-electron chi connectivity index (χ1n) is 7.92. The van der Waals surface area contributed by atoms with Gasteiger partial charge in [0.25, 0.3) is 0 Å². The van der Waals surface area contributed by atoms with Crippen LogP contribution in [0, 0.1) is 17.8 Å². The van der Waals surface area contributed by atoms with Crippen molar-refractivity contribution in [2.24, 2.45) is 17.8 Å². The molecule has 4 rings (SSSR count). The van der Waals surface area contributed by atoms with Gasteiger partial charge in [0.2, 0.25) is 5.91 Å². The van der Waals surface area contributed by atoms with Gasteiger partial charge in [0, 0.05) is 18.0 Å². The maximum Gasteiger partial charge on any atom is 0.226 e. The highest BCUT2D eigenvalue weighted by molar-refractivity contribution is 5.80. The van der Waals surface area contributed by atoms with Crippen LogP contribution in [-0.4, -0.2) is 23.5 Å². The fourth-order valence-electron chi connectivity index (χ4n) is 3.99. The van der Waals surface area contributed by atoms with Crippen LogP contribution in [0.2, 0.25) is 0 Å². The third-order valence-electron chi connectivity index (χ3n) is 5.20. The van der Waals surface area contributed by atoms with E-state index < -0.39 is 0 Å². The van der Waals surface area contributed by atoms with Crippen LogP contribution in [0.4, 0.5) is 0 Å². The van der Waals surface area contributed by atoms with Gasteiger partial charge in [0.05, 0.1) is 6.04 Å². The third-order valence-corrected chi connectivity index (χ3v) is 5.20. The first-order chi connectivity index (χ1) is 10.2. The van der Waals surface area contributed by atoms with Crippen LogP contribution in [-0.2, 0) is 11.3 Å². The van der Waals surface area contributed by atoms with Crippen LogP contribution in [0.5, 0.6) is 5.75 Å². The number of allylic oxidation sites excluding steroid dienone is 2. The number of amides is 1. The molecule has 1 heterocycles. The van der Waals surface area contributed by atoms with Crippen molar-refractivity contribution in [2.45, 2.75) is 32.4 Å². The van der Waals surface area contributed by atoms with Gasteiger partial charge in [-0.15, -0.1) is 0 Å². The average Bonchev–Trinajstić information content (AvgIpc) is 3.09. The summed E-state index contributed by atoms with van der Waals surface area (Å²) in [5.41, 5.74) is 1.12. The fourth-order valence-corrected chi connectivity index (χ4v) is 3.99. The summed E-state index contributed by atoms with van der Waals surface area (Å²) in [6.45, 7) is 3.35. The minimum atomic E-state index is 0.132. The molecule has 3 heteroatoms. The molecule has 1 fully saturated rings. The fraction of sp³-hybridized carbons (Fsp3) is 0.500. The van der Waals surface area contributed by atoms with Gasteiger partial charge in [-0.25, -0.2) is 0 Å². The number of carbonyl (C=O) groups excluding carboxylic acids is 1. The second-order valence-electron chi connectivity index (χ2n) is 6.62. The maximum absolute atomic E-state index is 13.0. The van der Waals surface area contributed by atoms with Crippen LogP contribution in [0.15, 0.2) is 36.4 Å². The van der Waals surface area contributed by atoms with Crippen LogP contribution in [0.25, 0.3) is 0 Å². The summed E-state index contributed by atoms with van der Waals surface area (Å²) in [5, 5.41) is 0. The predicted molar refractivity (Wildman–Crippen MR) is 80.8 cm³/mol. The van der Waals surface area contributed by atoms with E-state index in [1.807, 2.05) is 23.1 Å². The first-order valence-corrected chi connectivity index (χ1v) is 7.92. The molecule has 2 bridgehead atoms. The molecule has 1 aromatic carbocycles. The average molecular weight is 283 g/mol. The summed E-state index contributed by atoms with van der Waals surface area (Å²) >= 11 is 0. The number of ether oxygens (including phenoxy) is 1. The number of rotatable bonds is 1. The highest BCUT2D eigenvalue weighted by Crippen LogP contribution is 2.44. The second-order valence-corrected chi connectivity index (χ2v) is 6.62. The Morgan fingerprint density at radius 3 is 2.86 bits per heavy atom. The van der Waals surface area contributed by atoms with Gasteiger partial charge in [-0.3, -0.25) is 4.79 Å². The maximum atomic E-state index is 13.0. The number of benzene rings is 1. The highest BCUT2D eigenvalue weighted by Gasteiger charge is 2.42. The van der Waals surface area contributed by atoms with Gasteiger partial charge < -0.3 is 9.64 Å². The van der Waals surface area contributed by atoms with Crippen molar-refractivity contribution in [3.63, 3.8) is 0 Å². The molecule has 2 aliphatic carbocycles. The molecule has 0 unspecified atom stereocenters. The summed E-state index contributed by atoms with van der Waals surface area (Å²) in [5.74, 6) is 2.53. The number of para-hydroxylation sites is 1. The molecule has 1 saturated carbocycles. The summed E-state index contributed by atoms with van der Waals surface area (Å²) < 4.78 is 5.86. The molecule has 1 amide bonds. The Balaban J connectivity index is 1.59. The van der Waals surface area contributed by atoms with E-state index in [1.165, 1.54) is 6.42 Å². The minimum absolute atomic E-state index is 0.132. The SMILES string of the molecule is C[C@H]1COc2ccccc2CN1C(=O)[C@H]1C[C@H]2C=C[C@H]1C2. The molecular weight excluding hydrogens is 262 g/mol.